The second-order valence-electron chi connectivity index (χ2n) is 8.49. The molecule has 0 aliphatic carbocycles. The van der Waals surface area contributed by atoms with Crippen molar-refractivity contribution in [3.63, 3.8) is 0 Å². The summed E-state index contributed by atoms with van der Waals surface area (Å²) in [7, 11) is -5.87. The van der Waals surface area contributed by atoms with E-state index in [-0.39, 0.29) is 11.1 Å². The van der Waals surface area contributed by atoms with Gasteiger partial charge in [-0.2, -0.15) is 17.9 Å². The minimum atomic E-state index is -5.87. The summed E-state index contributed by atoms with van der Waals surface area (Å²) in [6, 6.07) is 17.7. The third-order valence-electron chi connectivity index (χ3n) is 6.29. The molecule has 1 aliphatic rings. The zero-order valence-electron chi connectivity index (χ0n) is 18.5. The van der Waals surface area contributed by atoms with Crippen LogP contribution >= 0.6 is 0 Å². The summed E-state index contributed by atoms with van der Waals surface area (Å²) >= 11 is 0. The van der Waals surface area contributed by atoms with Gasteiger partial charge in [0.05, 0.1) is 5.54 Å². The highest BCUT2D eigenvalue weighted by Crippen LogP contribution is 2.43. The first kappa shape index (κ1) is 25.3. The molecule has 0 aromatic heterocycles. The molecule has 0 saturated carbocycles. The third kappa shape index (κ3) is 5.10. The summed E-state index contributed by atoms with van der Waals surface area (Å²) in [5.41, 5.74) is -6.45. The number of halogens is 5. The Morgan fingerprint density at radius 3 is 1.83 bits per heavy atom. The number of hydrogen-bond donors (Lipinski definition) is 1. The van der Waals surface area contributed by atoms with Crippen LogP contribution in [0, 0.1) is 11.6 Å². The molecule has 3 aromatic rings. The van der Waals surface area contributed by atoms with Crippen molar-refractivity contribution in [2.24, 2.45) is 0 Å². The number of likely N-dealkylation sites (tertiary alicyclic amines) is 1. The fourth-order valence-corrected chi connectivity index (χ4v) is 5.67. The van der Waals surface area contributed by atoms with E-state index in [0.29, 0.717) is 25.9 Å². The van der Waals surface area contributed by atoms with Crippen molar-refractivity contribution in [2.75, 3.05) is 6.54 Å². The molecular weight excluding hydrogens is 487 g/mol. The lowest BCUT2D eigenvalue weighted by molar-refractivity contribution is -0.0460. The highest BCUT2D eigenvalue weighted by Gasteiger charge is 2.55. The van der Waals surface area contributed by atoms with E-state index >= 15 is 0 Å². The van der Waals surface area contributed by atoms with E-state index in [0.717, 1.165) is 29.8 Å². The molecule has 0 spiro atoms. The molecule has 0 amide bonds. The van der Waals surface area contributed by atoms with Gasteiger partial charge in [-0.1, -0.05) is 54.6 Å². The topological polar surface area (TPSA) is 49.4 Å². The lowest BCUT2D eigenvalue weighted by Gasteiger charge is -2.44. The van der Waals surface area contributed by atoms with E-state index in [1.165, 1.54) is 24.3 Å². The number of hydrogen-bond acceptors (Lipinski definition) is 3. The fourth-order valence-electron chi connectivity index (χ4n) is 4.76. The Morgan fingerprint density at radius 2 is 1.34 bits per heavy atom. The SMILES string of the molecule is O=S(=O)(NC(c1ccc(F)cc1)(c1ccc(F)cc1)C1CCCN1Cc1ccccc1)C(F)(F)F. The van der Waals surface area contributed by atoms with Crippen LogP contribution in [0.1, 0.15) is 29.5 Å². The summed E-state index contributed by atoms with van der Waals surface area (Å²) in [5, 5.41) is 0. The van der Waals surface area contributed by atoms with E-state index in [2.05, 4.69) is 0 Å². The van der Waals surface area contributed by atoms with Crippen molar-refractivity contribution in [2.45, 2.75) is 36.5 Å². The van der Waals surface area contributed by atoms with Crippen LogP contribution in [0.25, 0.3) is 0 Å². The average molecular weight is 511 g/mol. The standard InChI is InChI=1S/C25H23F5N2O2S/c26-21-12-8-19(9-13-21)24(20-10-14-22(27)15-11-20,31-35(33,34)25(28,29)30)23-7-4-16-32(23)17-18-5-2-1-3-6-18/h1-3,5-6,8-15,23,31H,4,7,16-17H2. The molecule has 4 nitrogen and oxygen atoms in total. The minimum Gasteiger partial charge on any atom is -0.294 e. The van der Waals surface area contributed by atoms with Crippen LogP contribution in [0.2, 0.25) is 0 Å². The molecule has 1 heterocycles. The van der Waals surface area contributed by atoms with E-state index in [4.69, 9.17) is 0 Å². The van der Waals surface area contributed by atoms with E-state index < -0.39 is 38.7 Å². The van der Waals surface area contributed by atoms with Crippen molar-refractivity contribution in [3.05, 3.63) is 107 Å². The van der Waals surface area contributed by atoms with E-state index in [1.54, 1.807) is 0 Å². The monoisotopic (exact) mass is 510 g/mol. The molecular formula is C25H23F5N2O2S. The quantitative estimate of drug-likeness (QED) is 0.438. The number of benzene rings is 3. The molecule has 3 aromatic carbocycles. The highest BCUT2D eigenvalue weighted by atomic mass is 32.2. The lowest BCUT2D eigenvalue weighted by atomic mass is 9.76. The Kier molecular flexibility index (Phi) is 6.99. The maximum absolute atomic E-state index is 13.8. The zero-order chi connectivity index (χ0) is 25.3. The van der Waals surface area contributed by atoms with Crippen molar-refractivity contribution in [1.82, 2.24) is 9.62 Å². The summed E-state index contributed by atoms with van der Waals surface area (Å²) in [5.74, 6) is -1.26. The van der Waals surface area contributed by atoms with Gasteiger partial charge >= 0.3 is 15.5 Å². The van der Waals surface area contributed by atoms with Crippen LogP contribution in [-0.4, -0.2) is 31.4 Å². The summed E-state index contributed by atoms with van der Waals surface area (Å²) in [4.78, 5) is 1.90. The first-order valence-electron chi connectivity index (χ1n) is 10.9. The van der Waals surface area contributed by atoms with Gasteiger partial charge in [0.1, 0.15) is 11.6 Å². The second-order valence-corrected chi connectivity index (χ2v) is 10.2. The molecule has 0 radical (unpaired) electrons. The van der Waals surface area contributed by atoms with Gasteiger partial charge in [0.25, 0.3) is 0 Å². The Morgan fingerprint density at radius 1 is 0.829 bits per heavy atom. The van der Waals surface area contributed by atoms with Crippen LogP contribution in [-0.2, 0) is 22.1 Å². The zero-order valence-corrected chi connectivity index (χ0v) is 19.3. The summed E-state index contributed by atoms with van der Waals surface area (Å²) in [6.45, 7) is 0.848. The van der Waals surface area contributed by atoms with Crippen molar-refractivity contribution < 1.29 is 30.4 Å². The van der Waals surface area contributed by atoms with Crippen LogP contribution < -0.4 is 4.72 Å². The van der Waals surface area contributed by atoms with Gasteiger partial charge in [0.15, 0.2) is 0 Å². The maximum Gasteiger partial charge on any atom is 0.511 e. The highest BCUT2D eigenvalue weighted by molar-refractivity contribution is 7.90. The van der Waals surface area contributed by atoms with Gasteiger partial charge in [-0.05, 0) is 60.3 Å². The predicted octanol–water partition coefficient (Wildman–Crippen LogP) is 5.31. The number of sulfonamides is 1. The van der Waals surface area contributed by atoms with Crippen LogP contribution in [0.5, 0.6) is 0 Å². The third-order valence-corrected chi connectivity index (χ3v) is 7.49. The molecule has 10 heteroatoms. The largest absolute Gasteiger partial charge is 0.511 e. The maximum atomic E-state index is 13.8. The molecule has 1 saturated heterocycles. The number of rotatable bonds is 7. The van der Waals surface area contributed by atoms with Crippen LogP contribution in [0.15, 0.2) is 78.9 Å². The second kappa shape index (κ2) is 9.67. The summed E-state index contributed by atoms with van der Waals surface area (Å²) < 4.78 is 95.7. The first-order valence-corrected chi connectivity index (χ1v) is 12.4. The number of nitrogens with zero attached hydrogens (tertiary/aromatic N) is 1. The lowest BCUT2D eigenvalue weighted by Crippen LogP contribution is -2.60. The smallest absolute Gasteiger partial charge is 0.294 e. The molecule has 1 atom stereocenters. The molecule has 1 unspecified atom stereocenters. The fraction of sp³-hybridized carbons (Fsp3) is 0.280. The van der Waals surface area contributed by atoms with Gasteiger partial charge in [0, 0.05) is 12.6 Å². The van der Waals surface area contributed by atoms with Gasteiger partial charge in [0.2, 0.25) is 0 Å². The van der Waals surface area contributed by atoms with E-state index in [1.807, 2.05) is 40.0 Å². The molecule has 186 valence electrons. The molecule has 0 bridgehead atoms. The molecule has 4 rings (SSSR count). The summed E-state index contributed by atoms with van der Waals surface area (Å²) in [6.07, 6.45) is 0.942. The van der Waals surface area contributed by atoms with Crippen molar-refractivity contribution in [3.8, 4) is 0 Å². The normalized spacial score (nSPS) is 17.6. The molecule has 1 aliphatic heterocycles. The minimum absolute atomic E-state index is 0.114. The Bertz CT molecular complexity index is 1200. The van der Waals surface area contributed by atoms with E-state index in [9.17, 15) is 30.4 Å². The van der Waals surface area contributed by atoms with Crippen molar-refractivity contribution in [1.29, 1.82) is 0 Å². The number of alkyl halides is 3. The Hall–Kier alpha value is -2.82. The van der Waals surface area contributed by atoms with Crippen LogP contribution in [0.3, 0.4) is 0 Å². The molecule has 1 N–H and O–H groups in total. The van der Waals surface area contributed by atoms with Gasteiger partial charge in [-0.15, -0.1) is 0 Å². The molecule has 1 fully saturated rings. The Balaban J connectivity index is 1.94. The van der Waals surface area contributed by atoms with Gasteiger partial charge in [-0.25, -0.2) is 17.2 Å². The van der Waals surface area contributed by atoms with Gasteiger partial charge in [-0.3, -0.25) is 4.90 Å². The van der Waals surface area contributed by atoms with Crippen LogP contribution in [0.4, 0.5) is 22.0 Å². The molecule has 35 heavy (non-hydrogen) atoms. The average Bonchev–Trinajstić information content (AvgIpc) is 3.27. The number of nitrogens with one attached hydrogen (secondary N) is 1. The Labute approximate surface area is 200 Å². The van der Waals surface area contributed by atoms with Crippen molar-refractivity contribution >= 4 is 10.0 Å². The van der Waals surface area contributed by atoms with Gasteiger partial charge < -0.3 is 0 Å². The first-order chi connectivity index (χ1) is 16.5. The predicted molar refractivity (Wildman–Crippen MR) is 122 cm³/mol.